The van der Waals surface area contributed by atoms with Gasteiger partial charge in [-0.3, -0.25) is 24.0 Å². The number of aliphatic hydroxyl groups is 2. The molecule has 2 aliphatic rings. The molecule has 12 heteroatoms. The van der Waals surface area contributed by atoms with Crippen LogP contribution in [0.2, 0.25) is 0 Å². The van der Waals surface area contributed by atoms with Gasteiger partial charge in [0.25, 0.3) is 11.8 Å². The van der Waals surface area contributed by atoms with E-state index in [0.717, 1.165) is 19.3 Å². The number of rotatable bonds is 10. The number of hydrogen-bond donors (Lipinski definition) is 6. The number of carbonyl (C=O) groups excluding carboxylic acids is 5. The summed E-state index contributed by atoms with van der Waals surface area (Å²) in [5, 5.41) is 30.5. The summed E-state index contributed by atoms with van der Waals surface area (Å²) in [5.74, 6) is -4.06. The summed E-state index contributed by atoms with van der Waals surface area (Å²) < 4.78 is 5.00. The van der Waals surface area contributed by atoms with Gasteiger partial charge in [0.15, 0.2) is 18.3 Å². The Balaban J connectivity index is 2.01. The Hall–Kier alpha value is -3.77. The van der Waals surface area contributed by atoms with Crippen molar-refractivity contribution in [1.82, 2.24) is 21.3 Å². The van der Waals surface area contributed by atoms with Crippen LogP contribution in [0.1, 0.15) is 51.9 Å². The second-order valence-electron chi connectivity index (χ2n) is 9.50. The highest BCUT2D eigenvalue weighted by Crippen LogP contribution is 2.19. The summed E-state index contributed by atoms with van der Waals surface area (Å²) in [5.41, 5.74) is 0. The van der Waals surface area contributed by atoms with Gasteiger partial charge in [-0.25, -0.2) is 0 Å². The van der Waals surface area contributed by atoms with Crippen LogP contribution in [0.25, 0.3) is 0 Å². The largest absolute Gasteiger partial charge is 0.457 e. The van der Waals surface area contributed by atoms with Crippen LogP contribution in [0, 0.1) is 0 Å². The maximum atomic E-state index is 12.8. The van der Waals surface area contributed by atoms with Crippen molar-refractivity contribution in [2.24, 2.45) is 0 Å². The first-order chi connectivity index (χ1) is 19.2. The van der Waals surface area contributed by atoms with Crippen LogP contribution in [0.5, 0.6) is 0 Å². The quantitative estimate of drug-likeness (QED) is 0.0920. The van der Waals surface area contributed by atoms with Gasteiger partial charge in [0.05, 0.1) is 31.6 Å². The third kappa shape index (κ3) is 11.5. The molecule has 4 amide bonds. The Kier molecular flexibility index (Phi) is 14.4. The molecule has 0 aliphatic carbocycles. The highest BCUT2D eigenvalue weighted by Gasteiger charge is 2.44. The zero-order valence-electron chi connectivity index (χ0n) is 22.7. The van der Waals surface area contributed by atoms with Gasteiger partial charge >= 0.3 is 5.97 Å². The standard InChI is InChI=1S/C28H40N4O8/c1-2-3-4-5-6-7-8-9-10-11-12-13-14-15-19-24(36)28(39)32-20-16-23(35)40-26(20)25(37)27(38)30-17-21(33)29-18-22(34)31-19/h5-6,9-14,19-20,24-26,36-37H,2-4,7-8,15-18H2,1H3,(H,29,33)(H,30,38)(H,31,34)(H,32,39)/b6-5+,10-9+,12-11+,14-13+/t19-,20+,24-,25+,26-/m1/s1. The van der Waals surface area contributed by atoms with Crippen LogP contribution in [-0.2, 0) is 28.7 Å². The third-order valence-electron chi connectivity index (χ3n) is 6.21. The number of nitrogens with one attached hydrogen (secondary N) is 4. The average molecular weight is 561 g/mol. The fourth-order valence-electron chi connectivity index (χ4n) is 3.99. The highest BCUT2D eigenvalue weighted by molar-refractivity contribution is 5.91. The Labute approximate surface area is 234 Å². The second kappa shape index (κ2) is 17.7. The van der Waals surface area contributed by atoms with E-state index in [2.05, 4.69) is 40.3 Å². The van der Waals surface area contributed by atoms with Crippen molar-refractivity contribution in [2.45, 2.75) is 82.3 Å². The predicted molar refractivity (Wildman–Crippen MR) is 146 cm³/mol. The molecule has 2 saturated heterocycles. The molecule has 0 saturated carbocycles. The van der Waals surface area contributed by atoms with Gasteiger partial charge in [-0.2, -0.15) is 0 Å². The summed E-state index contributed by atoms with van der Waals surface area (Å²) in [4.78, 5) is 61.2. The molecule has 220 valence electrons. The van der Waals surface area contributed by atoms with Gasteiger partial charge in [-0.1, -0.05) is 68.4 Å². The second-order valence-corrected chi connectivity index (χ2v) is 9.50. The normalized spacial score (nSPS) is 27.3. The molecule has 0 bridgehead atoms. The fourth-order valence-corrected chi connectivity index (χ4v) is 3.99. The van der Waals surface area contributed by atoms with E-state index in [1.54, 1.807) is 18.2 Å². The number of carbonyl (C=O) groups is 5. The predicted octanol–water partition coefficient (Wildman–Crippen LogP) is -0.175. The molecule has 2 aliphatic heterocycles. The number of ether oxygens (including phenoxy) is 1. The molecule has 0 aromatic rings. The zero-order valence-corrected chi connectivity index (χ0v) is 22.7. The molecule has 12 nitrogen and oxygen atoms in total. The minimum Gasteiger partial charge on any atom is -0.457 e. The molecular formula is C28H40N4O8. The number of allylic oxidation sites excluding steroid dienone is 7. The zero-order chi connectivity index (χ0) is 29.3. The molecule has 5 atom stereocenters. The summed E-state index contributed by atoms with van der Waals surface area (Å²) in [6, 6.07) is -2.18. The van der Waals surface area contributed by atoms with Crippen LogP contribution in [0.4, 0.5) is 0 Å². The molecule has 0 aromatic carbocycles. The summed E-state index contributed by atoms with van der Waals surface area (Å²) in [7, 11) is 0. The van der Waals surface area contributed by atoms with E-state index in [1.807, 2.05) is 18.2 Å². The molecule has 2 heterocycles. The van der Waals surface area contributed by atoms with Gasteiger partial charge in [0, 0.05) is 0 Å². The molecular weight excluding hydrogens is 520 g/mol. The Bertz CT molecular complexity index is 1010. The van der Waals surface area contributed by atoms with Crippen molar-refractivity contribution in [3.8, 4) is 0 Å². The van der Waals surface area contributed by atoms with Crippen molar-refractivity contribution < 1.29 is 38.9 Å². The van der Waals surface area contributed by atoms with Gasteiger partial charge in [0.1, 0.15) is 0 Å². The number of unbranched alkanes of at least 4 members (excludes halogenated alkanes) is 3. The number of hydrogen-bond acceptors (Lipinski definition) is 8. The lowest BCUT2D eigenvalue weighted by molar-refractivity contribution is -0.151. The number of fused-ring (bicyclic) bond motifs is 1. The minimum absolute atomic E-state index is 0.0665. The molecule has 2 rings (SSSR count). The lowest BCUT2D eigenvalue weighted by Gasteiger charge is -2.26. The van der Waals surface area contributed by atoms with E-state index in [9.17, 15) is 34.2 Å². The first kappa shape index (κ1) is 32.4. The third-order valence-corrected chi connectivity index (χ3v) is 6.21. The van der Waals surface area contributed by atoms with Crippen LogP contribution < -0.4 is 21.3 Å². The number of esters is 1. The maximum Gasteiger partial charge on any atom is 0.308 e. The Morgan fingerprint density at radius 3 is 2.20 bits per heavy atom. The van der Waals surface area contributed by atoms with E-state index in [0.29, 0.717) is 0 Å². The van der Waals surface area contributed by atoms with E-state index in [-0.39, 0.29) is 12.8 Å². The first-order valence-corrected chi connectivity index (χ1v) is 13.6. The van der Waals surface area contributed by atoms with E-state index in [1.165, 1.54) is 12.8 Å². The van der Waals surface area contributed by atoms with Gasteiger partial charge in [-0.15, -0.1) is 0 Å². The monoisotopic (exact) mass is 560 g/mol. The van der Waals surface area contributed by atoms with Crippen LogP contribution in [0.3, 0.4) is 0 Å². The fraction of sp³-hybridized carbons (Fsp3) is 0.536. The summed E-state index contributed by atoms with van der Waals surface area (Å²) in [6.45, 7) is 1.16. The SMILES string of the molecule is CCCC/C=C/CC/C=C/C=C/C=C/C[C@H]1NC(=O)CNC(=O)CNC(=O)[C@@H](O)[C@@H]2OC(=O)C[C@@H]2NC(=O)[C@@H]1O. The average Bonchev–Trinajstić information content (AvgIpc) is 3.30. The van der Waals surface area contributed by atoms with Crippen LogP contribution >= 0.6 is 0 Å². The van der Waals surface area contributed by atoms with Crippen LogP contribution in [-0.4, -0.2) is 83.3 Å². The Morgan fingerprint density at radius 1 is 0.775 bits per heavy atom. The number of aliphatic hydroxyl groups excluding tert-OH is 2. The molecule has 0 radical (unpaired) electrons. The van der Waals surface area contributed by atoms with Crippen molar-refractivity contribution in [1.29, 1.82) is 0 Å². The van der Waals surface area contributed by atoms with Crippen LogP contribution in [0.15, 0.2) is 48.6 Å². The topological polar surface area (TPSA) is 183 Å². The first-order valence-electron chi connectivity index (χ1n) is 13.6. The van der Waals surface area contributed by atoms with Crippen molar-refractivity contribution in [2.75, 3.05) is 13.1 Å². The van der Waals surface area contributed by atoms with E-state index in [4.69, 9.17) is 4.74 Å². The summed E-state index contributed by atoms with van der Waals surface area (Å²) >= 11 is 0. The Morgan fingerprint density at radius 2 is 1.45 bits per heavy atom. The van der Waals surface area contributed by atoms with Crippen molar-refractivity contribution in [3.63, 3.8) is 0 Å². The van der Waals surface area contributed by atoms with Crippen molar-refractivity contribution >= 4 is 29.6 Å². The molecule has 0 unspecified atom stereocenters. The molecule has 6 N–H and O–H groups in total. The molecule has 40 heavy (non-hydrogen) atoms. The summed E-state index contributed by atoms with van der Waals surface area (Å²) in [6.07, 6.45) is 15.4. The van der Waals surface area contributed by atoms with E-state index < -0.39 is 73.1 Å². The van der Waals surface area contributed by atoms with Crippen molar-refractivity contribution in [3.05, 3.63) is 48.6 Å². The molecule has 2 fully saturated rings. The minimum atomic E-state index is -1.87. The highest BCUT2D eigenvalue weighted by atomic mass is 16.6. The lowest BCUT2D eigenvalue weighted by Crippen LogP contribution is -2.56. The molecule has 0 aromatic heterocycles. The smallest absolute Gasteiger partial charge is 0.308 e. The van der Waals surface area contributed by atoms with Gasteiger partial charge in [-0.05, 0) is 25.7 Å². The lowest BCUT2D eigenvalue weighted by atomic mass is 10.0. The van der Waals surface area contributed by atoms with Gasteiger partial charge < -0.3 is 36.2 Å². The van der Waals surface area contributed by atoms with Gasteiger partial charge in [0.2, 0.25) is 11.8 Å². The molecule has 0 spiro atoms. The number of amides is 4. The van der Waals surface area contributed by atoms with E-state index >= 15 is 0 Å². The maximum absolute atomic E-state index is 12.8.